The van der Waals surface area contributed by atoms with Crippen molar-refractivity contribution in [2.24, 2.45) is 22.8 Å². The number of fused-ring (bicyclic) bond motifs is 2. The summed E-state index contributed by atoms with van der Waals surface area (Å²) in [6.07, 6.45) is 7.42. The van der Waals surface area contributed by atoms with E-state index in [2.05, 4.69) is 29.8 Å². The molecular weight excluding hydrogens is 260 g/mol. The van der Waals surface area contributed by atoms with Crippen LogP contribution in [0, 0.1) is 11.3 Å². The Hall–Kier alpha value is -0.420. The molecule has 0 bridgehead atoms. The van der Waals surface area contributed by atoms with Crippen molar-refractivity contribution in [3.8, 4) is 0 Å². The lowest BCUT2D eigenvalue weighted by Gasteiger charge is -2.32. The maximum Gasteiger partial charge on any atom is 0.0516 e. The van der Waals surface area contributed by atoms with Crippen molar-refractivity contribution >= 4 is 0 Å². The van der Waals surface area contributed by atoms with Crippen molar-refractivity contribution in [2.45, 2.75) is 43.7 Å². The van der Waals surface area contributed by atoms with Gasteiger partial charge in [-0.25, -0.2) is 0 Å². The third-order valence-corrected chi connectivity index (χ3v) is 6.82. The molecule has 21 heavy (non-hydrogen) atoms. The summed E-state index contributed by atoms with van der Waals surface area (Å²) in [6, 6.07) is 0. The first-order valence-electron chi connectivity index (χ1n) is 8.52. The molecule has 0 spiro atoms. The zero-order valence-electron chi connectivity index (χ0n) is 13.6. The fourth-order valence-electron chi connectivity index (χ4n) is 5.69. The maximum atomic E-state index is 6.71. The Morgan fingerprint density at radius 3 is 2.76 bits per heavy atom. The van der Waals surface area contributed by atoms with E-state index in [0.29, 0.717) is 11.3 Å². The number of likely N-dealkylation sites (N-methyl/N-ethyl adjacent to an activating group) is 1. The van der Waals surface area contributed by atoms with Crippen molar-refractivity contribution in [1.29, 1.82) is 0 Å². The van der Waals surface area contributed by atoms with E-state index in [0.717, 1.165) is 32.6 Å². The van der Waals surface area contributed by atoms with Crippen molar-refractivity contribution in [3.63, 3.8) is 0 Å². The van der Waals surface area contributed by atoms with Crippen molar-refractivity contribution < 1.29 is 0 Å². The Morgan fingerprint density at radius 1 is 1.24 bits per heavy atom. The lowest BCUT2D eigenvalue weighted by atomic mass is 9.77. The lowest BCUT2D eigenvalue weighted by Crippen LogP contribution is -2.49. The summed E-state index contributed by atoms with van der Waals surface area (Å²) in [6.45, 7) is 7.91. The van der Waals surface area contributed by atoms with Gasteiger partial charge >= 0.3 is 0 Å². The van der Waals surface area contributed by atoms with Gasteiger partial charge in [0, 0.05) is 38.3 Å². The van der Waals surface area contributed by atoms with E-state index in [-0.39, 0.29) is 11.1 Å². The molecule has 4 N–H and O–H groups in total. The van der Waals surface area contributed by atoms with E-state index >= 15 is 0 Å². The third kappa shape index (κ3) is 2.03. The van der Waals surface area contributed by atoms with Crippen LogP contribution in [0.1, 0.15) is 32.6 Å². The summed E-state index contributed by atoms with van der Waals surface area (Å²) in [5.74, 6) is 0.629. The molecule has 0 aromatic carbocycles. The van der Waals surface area contributed by atoms with Gasteiger partial charge in [-0.2, -0.15) is 0 Å². The molecule has 2 aliphatic carbocycles. The van der Waals surface area contributed by atoms with Gasteiger partial charge in [-0.3, -0.25) is 0 Å². The van der Waals surface area contributed by atoms with Crippen molar-refractivity contribution in [1.82, 2.24) is 9.80 Å². The summed E-state index contributed by atoms with van der Waals surface area (Å²) >= 11 is 0. The molecule has 4 aliphatic rings. The number of hydrogen-bond acceptors (Lipinski definition) is 4. The predicted molar refractivity (Wildman–Crippen MR) is 85.9 cm³/mol. The number of nitrogens with two attached hydrogens (primary N) is 2. The summed E-state index contributed by atoms with van der Waals surface area (Å²) in [4.78, 5) is 4.97. The van der Waals surface area contributed by atoms with Crippen LogP contribution in [0.5, 0.6) is 0 Å². The summed E-state index contributed by atoms with van der Waals surface area (Å²) in [5, 5.41) is 0. The maximum absolute atomic E-state index is 6.71. The van der Waals surface area contributed by atoms with Crippen LogP contribution >= 0.6 is 0 Å². The van der Waals surface area contributed by atoms with Gasteiger partial charge in [-0.15, -0.1) is 0 Å². The predicted octanol–water partition coefficient (Wildman–Crippen LogP) is 0.779. The Balaban J connectivity index is 1.43. The van der Waals surface area contributed by atoms with Gasteiger partial charge in [0.2, 0.25) is 0 Å². The number of hydrogen-bond donors (Lipinski definition) is 2. The second-order valence-corrected chi connectivity index (χ2v) is 8.72. The van der Waals surface area contributed by atoms with Crippen LogP contribution < -0.4 is 11.5 Å². The van der Waals surface area contributed by atoms with E-state index < -0.39 is 0 Å². The fourth-order valence-corrected chi connectivity index (χ4v) is 5.69. The molecule has 0 amide bonds. The molecule has 2 aliphatic heterocycles. The fraction of sp³-hybridized carbons (Fsp3) is 0.882. The zero-order valence-corrected chi connectivity index (χ0v) is 13.6. The molecule has 4 atom stereocenters. The van der Waals surface area contributed by atoms with Gasteiger partial charge in [0.15, 0.2) is 0 Å². The minimum atomic E-state index is -0.0423. The van der Waals surface area contributed by atoms with E-state index in [1.54, 1.807) is 0 Å². The van der Waals surface area contributed by atoms with Gasteiger partial charge in [-0.1, -0.05) is 19.4 Å². The minimum absolute atomic E-state index is 0.0423. The highest BCUT2D eigenvalue weighted by molar-refractivity contribution is 5.33. The molecule has 4 rings (SSSR count). The zero-order chi connectivity index (χ0) is 14.9. The van der Waals surface area contributed by atoms with Crippen LogP contribution in [-0.2, 0) is 0 Å². The van der Waals surface area contributed by atoms with E-state index in [9.17, 15) is 0 Å². The molecule has 3 fully saturated rings. The summed E-state index contributed by atoms with van der Waals surface area (Å²) < 4.78 is 0. The van der Waals surface area contributed by atoms with E-state index in [1.165, 1.54) is 31.4 Å². The number of rotatable bonds is 2. The number of likely N-dealkylation sites (tertiary alicyclic amines) is 2. The highest BCUT2D eigenvalue weighted by Gasteiger charge is 2.55. The molecular formula is C17H30N4. The second-order valence-electron chi connectivity index (χ2n) is 8.72. The minimum Gasteiger partial charge on any atom is -0.324 e. The van der Waals surface area contributed by atoms with Gasteiger partial charge in [0.1, 0.15) is 0 Å². The second kappa shape index (κ2) is 4.31. The smallest absolute Gasteiger partial charge is 0.0516 e. The normalized spacial score (nSPS) is 50.5. The first-order valence-corrected chi connectivity index (χ1v) is 8.52. The topological polar surface area (TPSA) is 58.5 Å². The van der Waals surface area contributed by atoms with Crippen LogP contribution in [0.4, 0.5) is 0 Å². The SMILES string of the molecule is CN1CC2=CC(CN3CC4(C)CCCC4(N)C3)CC2(N)C1. The first kappa shape index (κ1) is 14.2. The van der Waals surface area contributed by atoms with E-state index in [4.69, 9.17) is 11.5 Å². The molecule has 4 nitrogen and oxygen atoms in total. The van der Waals surface area contributed by atoms with Crippen LogP contribution in [-0.4, -0.2) is 60.6 Å². The highest BCUT2D eigenvalue weighted by Crippen LogP contribution is 2.50. The van der Waals surface area contributed by atoms with Crippen LogP contribution in [0.15, 0.2) is 11.6 Å². The largest absolute Gasteiger partial charge is 0.324 e. The molecule has 4 heteroatoms. The average molecular weight is 290 g/mol. The monoisotopic (exact) mass is 290 g/mol. The van der Waals surface area contributed by atoms with Gasteiger partial charge in [0.25, 0.3) is 0 Å². The Morgan fingerprint density at radius 2 is 2.05 bits per heavy atom. The molecule has 0 aromatic heterocycles. The molecule has 1 saturated carbocycles. The molecule has 2 heterocycles. The summed E-state index contributed by atoms with van der Waals surface area (Å²) in [7, 11) is 2.17. The quantitative estimate of drug-likeness (QED) is 0.738. The Labute approximate surface area is 128 Å². The molecule has 0 radical (unpaired) electrons. The standard InChI is InChI=1S/C17H30N4/c1-15-4-3-5-17(15,19)12-21(10-15)8-13-6-14-9-20(2)11-16(14,18)7-13/h6,13H,3-5,7-12,18-19H2,1-2H3. The molecule has 0 aromatic rings. The number of nitrogens with zero attached hydrogens (tertiary/aromatic N) is 2. The first-order chi connectivity index (χ1) is 9.82. The van der Waals surface area contributed by atoms with Crippen LogP contribution in [0.25, 0.3) is 0 Å². The average Bonchev–Trinajstić information content (AvgIpc) is 2.92. The van der Waals surface area contributed by atoms with E-state index in [1.807, 2.05) is 0 Å². The van der Waals surface area contributed by atoms with Crippen LogP contribution in [0.2, 0.25) is 0 Å². The van der Waals surface area contributed by atoms with Crippen LogP contribution in [0.3, 0.4) is 0 Å². The summed E-state index contributed by atoms with van der Waals surface area (Å²) in [5.41, 5.74) is 15.2. The van der Waals surface area contributed by atoms with Gasteiger partial charge in [0.05, 0.1) is 5.54 Å². The molecule has 2 saturated heterocycles. The molecule has 118 valence electrons. The van der Waals surface area contributed by atoms with Gasteiger partial charge in [-0.05, 0) is 43.2 Å². The lowest BCUT2D eigenvalue weighted by molar-refractivity contribution is 0.234. The molecule has 4 unspecified atom stereocenters. The van der Waals surface area contributed by atoms with Gasteiger partial charge < -0.3 is 21.3 Å². The van der Waals surface area contributed by atoms with Crippen molar-refractivity contribution in [3.05, 3.63) is 11.6 Å². The van der Waals surface area contributed by atoms with Crippen molar-refractivity contribution in [2.75, 3.05) is 39.8 Å². The Bertz CT molecular complexity index is 471. The third-order valence-electron chi connectivity index (χ3n) is 6.82. The highest BCUT2D eigenvalue weighted by atomic mass is 15.2. The Kier molecular flexibility index (Phi) is 2.92.